The maximum absolute atomic E-state index is 12.5. The summed E-state index contributed by atoms with van der Waals surface area (Å²) in [5.41, 5.74) is 0. The van der Waals surface area contributed by atoms with E-state index in [1.165, 1.54) is 135 Å². The molecule has 1 unspecified atom stereocenters. The van der Waals surface area contributed by atoms with E-state index in [2.05, 4.69) is 91.3 Å². The molecule has 370 valence electrons. The third-order valence-electron chi connectivity index (χ3n) is 11.2. The molecule has 0 saturated carbocycles. The van der Waals surface area contributed by atoms with E-state index < -0.39 is 32.5 Å². The van der Waals surface area contributed by atoms with Crippen LogP contribution in [-0.4, -0.2) is 41.0 Å². The number of carbonyl (C=O) groups is 2. The van der Waals surface area contributed by atoms with Gasteiger partial charge in [0.2, 0.25) is 0 Å². The molecule has 0 heterocycles. The van der Waals surface area contributed by atoms with Crippen LogP contribution in [0, 0.1) is 0 Å². The van der Waals surface area contributed by atoms with Crippen molar-refractivity contribution in [3.8, 4) is 0 Å². The molecule has 9 heteroatoms. The first-order valence-electron chi connectivity index (χ1n) is 26.2. The Balaban J connectivity index is 3.83. The van der Waals surface area contributed by atoms with Crippen molar-refractivity contribution in [1.82, 2.24) is 0 Å². The Labute approximate surface area is 393 Å². The molecular formula is C55H97O8P. The Morgan fingerprint density at radius 1 is 0.422 bits per heavy atom. The number of unbranched alkanes of at least 4 members (excludes halogenated alkanes) is 26. The van der Waals surface area contributed by atoms with Crippen LogP contribution in [-0.2, 0) is 28.2 Å². The zero-order chi connectivity index (χ0) is 46.7. The summed E-state index contributed by atoms with van der Waals surface area (Å²) < 4.78 is 26.6. The van der Waals surface area contributed by atoms with Crippen molar-refractivity contribution in [2.45, 2.75) is 251 Å². The molecule has 1 atom stereocenters. The molecule has 0 bridgehead atoms. The standard InChI is InChI=1S/C55H97O8P/c1-3-5-7-9-11-13-15-17-19-21-23-25-27-29-31-33-35-37-39-41-43-45-47-49-54(56)61-51-53(52-62-64(58,59)60)63-55(57)50-48-46-44-42-40-38-36-34-32-30-28-26-24-22-20-18-16-14-12-10-8-6-4-2/h6,8,12,14-15,17-18,20-21,23-24,26,53H,3-5,7,9-11,13,16,19,22,25,27-52H2,1-2H3,(H2,58,59,60)/b8-6-,14-12-,17-15-,20-18-,23-21-,26-24-. The van der Waals surface area contributed by atoms with Crippen molar-refractivity contribution in [3.63, 3.8) is 0 Å². The van der Waals surface area contributed by atoms with Gasteiger partial charge in [-0.1, -0.05) is 222 Å². The van der Waals surface area contributed by atoms with Gasteiger partial charge in [0.25, 0.3) is 0 Å². The summed E-state index contributed by atoms with van der Waals surface area (Å²) in [6, 6.07) is 0. The minimum Gasteiger partial charge on any atom is -0.462 e. The normalized spacial score (nSPS) is 13.0. The third-order valence-corrected chi connectivity index (χ3v) is 11.7. The summed E-state index contributed by atoms with van der Waals surface area (Å²) in [6.45, 7) is 3.59. The van der Waals surface area contributed by atoms with Gasteiger partial charge in [-0.3, -0.25) is 14.1 Å². The van der Waals surface area contributed by atoms with Crippen molar-refractivity contribution in [2.24, 2.45) is 0 Å². The molecule has 0 spiro atoms. The summed E-state index contributed by atoms with van der Waals surface area (Å²) in [6.07, 6.45) is 66.3. The van der Waals surface area contributed by atoms with Crippen molar-refractivity contribution < 1.29 is 37.9 Å². The first-order chi connectivity index (χ1) is 31.3. The molecule has 0 aromatic rings. The maximum atomic E-state index is 12.5. The summed E-state index contributed by atoms with van der Waals surface area (Å²) in [4.78, 5) is 43.2. The fourth-order valence-corrected chi connectivity index (χ4v) is 7.70. The smallest absolute Gasteiger partial charge is 0.462 e. The van der Waals surface area contributed by atoms with E-state index in [0.29, 0.717) is 6.42 Å². The van der Waals surface area contributed by atoms with Crippen LogP contribution >= 0.6 is 7.82 Å². The maximum Gasteiger partial charge on any atom is 0.469 e. The molecule has 0 aliphatic heterocycles. The van der Waals surface area contributed by atoms with E-state index in [0.717, 1.165) is 77.0 Å². The lowest BCUT2D eigenvalue weighted by Crippen LogP contribution is -2.29. The molecule has 0 aliphatic carbocycles. The second-order valence-electron chi connectivity index (χ2n) is 17.5. The largest absolute Gasteiger partial charge is 0.469 e. The molecule has 8 nitrogen and oxygen atoms in total. The topological polar surface area (TPSA) is 119 Å². The van der Waals surface area contributed by atoms with Crippen molar-refractivity contribution in [3.05, 3.63) is 72.9 Å². The Morgan fingerprint density at radius 3 is 1.12 bits per heavy atom. The van der Waals surface area contributed by atoms with E-state index in [1.807, 2.05) is 0 Å². The quantitative estimate of drug-likeness (QED) is 0.0268. The van der Waals surface area contributed by atoms with Crippen molar-refractivity contribution in [1.29, 1.82) is 0 Å². The molecule has 0 radical (unpaired) electrons. The molecule has 0 fully saturated rings. The predicted molar refractivity (Wildman–Crippen MR) is 271 cm³/mol. The summed E-state index contributed by atoms with van der Waals surface area (Å²) in [5.74, 6) is -0.888. The Hall–Kier alpha value is -2.51. The molecule has 0 saturated heterocycles. The lowest BCUT2D eigenvalue weighted by Gasteiger charge is -2.18. The van der Waals surface area contributed by atoms with Crippen LogP contribution in [0.15, 0.2) is 72.9 Å². The van der Waals surface area contributed by atoms with E-state index in [-0.39, 0.29) is 19.4 Å². The van der Waals surface area contributed by atoms with Gasteiger partial charge in [0.05, 0.1) is 6.61 Å². The van der Waals surface area contributed by atoms with Gasteiger partial charge in [0.1, 0.15) is 6.61 Å². The van der Waals surface area contributed by atoms with Crippen LogP contribution in [0.3, 0.4) is 0 Å². The van der Waals surface area contributed by atoms with Crippen LogP contribution in [0.5, 0.6) is 0 Å². The van der Waals surface area contributed by atoms with Gasteiger partial charge in [0.15, 0.2) is 6.10 Å². The van der Waals surface area contributed by atoms with Crippen LogP contribution in [0.1, 0.15) is 245 Å². The van der Waals surface area contributed by atoms with Gasteiger partial charge < -0.3 is 19.3 Å². The Morgan fingerprint density at radius 2 is 0.750 bits per heavy atom. The van der Waals surface area contributed by atoms with Crippen molar-refractivity contribution >= 4 is 19.8 Å². The van der Waals surface area contributed by atoms with Gasteiger partial charge in [0, 0.05) is 12.8 Å². The van der Waals surface area contributed by atoms with E-state index in [1.54, 1.807) is 0 Å². The highest BCUT2D eigenvalue weighted by atomic mass is 31.2. The van der Waals surface area contributed by atoms with Gasteiger partial charge in [-0.25, -0.2) is 4.57 Å². The first kappa shape index (κ1) is 61.5. The third kappa shape index (κ3) is 52.1. The fraction of sp³-hybridized carbons (Fsp3) is 0.745. The van der Waals surface area contributed by atoms with Gasteiger partial charge in [-0.05, 0) is 83.5 Å². The van der Waals surface area contributed by atoms with Crippen LogP contribution in [0.2, 0.25) is 0 Å². The van der Waals surface area contributed by atoms with Crippen LogP contribution in [0.4, 0.5) is 0 Å². The average Bonchev–Trinajstić information content (AvgIpc) is 3.27. The number of ether oxygens (including phenoxy) is 2. The highest BCUT2D eigenvalue weighted by molar-refractivity contribution is 7.46. The number of hydrogen-bond donors (Lipinski definition) is 2. The van der Waals surface area contributed by atoms with E-state index in [4.69, 9.17) is 19.3 Å². The number of rotatable bonds is 48. The molecule has 0 amide bonds. The second kappa shape index (κ2) is 49.9. The number of carbonyl (C=O) groups excluding carboxylic acids is 2. The van der Waals surface area contributed by atoms with Crippen LogP contribution in [0.25, 0.3) is 0 Å². The number of phosphoric ester groups is 1. The molecule has 0 rings (SSSR count). The Kier molecular flexibility index (Phi) is 48.0. The number of hydrogen-bond acceptors (Lipinski definition) is 6. The zero-order valence-corrected chi connectivity index (χ0v) is 42.1. The predicted octanol–water partition coefficient (Wildman–Crippen LogP) is 17.0. The Bertz CT molecular complexity index is 1260. The minimum atomic E-state index is -4.77. The zero-order valence-electron chi connectivity index (χ0n) is 41.2. The van der Waals surface area contributed by atoms with Crippen LogP contribution < -0.4 is 0 Å². The second-order valence-corrected chi connectivity index (χ2v) is 18.7. The van der Waals surface area contributed by atoms with E-state index in [9.17, 15) is 14.2 Å². The molecule has 0 aromatic carbocycles. The average molecular weight is 917 g/mol. The summed E-state index contributed by atoms with van der Waals surface area (Å²) >= 11 is 0. The number of phosphoric acid groups is 1. The lowest BCUT2D eigenvalue weighted by atomic mass is 10.0. The molecule has 0 aliphatic rings. The SMILES string of the molecule is CC/C=C\C/C=C\C/C=C\C/C=C\CCCCCCCCCCCCC(=O)OC(COC(=O)CCCCCCCCCCCCC/C=C\C/C=C\CCCCCCC)COP(=O)(O)O. The van der Waals surface area contributed by atoms with Gasteiger partial charge in [-0.15, -0.1) is 0 Å². The minimum absolute atomic E-state index is 0.204. The first-order valence-corrected chi connectivity index (χ1v) is 27.8. The fourth-order valence-electron chi connectivity index (χ4n) is 7.34. The summed E-state index contributed by atoms with van der Waals surface area (Å²) in [7, 11) is -4.77. The molecular weight excluding hydrogens is 820 g/mol. The monoisotopic (exact) mass is 917 g/mol. The molecule has 0 aromatic heterocycles. The number of esters is 2. The van der Waals surface area contributed by atoms with Crippen molar-refractivity contribution in [2.75, 3.05) is 13.2 Å². The lowest BCUT2D eigenvalue weighted by molar-refractivity contribution is -0.161. The summed E-state index contributed by atoms with van der Waals surface area (Å²) in [5, 5.41) is 0. The highest BCUT2D eigenvalue weighted by Crippen LogP contribution is 2.36. The molecule has 2 N–H and O–H groups in total. The van der Waals surface area contributed by atoms with Gasteiger partial charge >= 0.3 is 19.8 Å². The highest BCUT2D eigenvalue weighted by Gasteiger charge is 2.23. The van der Waals surface area contributed by atoms with E-state index >= 15 is 0 Å². The molecule has 64 heavy (non-hydrogen) atoms. The van der Waals surface area contributed by atoms with Gasteiger partial charge in [-0.2, -0.15) is 0 Å². The number of allylic oxidation sites excluding steroid dienone is 12.